The maximum absolute atomic E-state index is 9.80. The van der Waals surface area contributed by atoms with Gasteiger partial charge in [0.05, 0.1) is 0 Å². The van der Waals surface area contributed by atoms with Crippen LogP contribution in [-0.4, -0.2) is 31.7 Å². The molecule has 1 aliphatic carbocycles. The van der Waals surface area contributed by atoms with E-state index in [4.69, 9.17) is 4.98 Å². The number of aryl methyl sites for hydroxylation is 1. The Hall–Kier alpha value is -3.11. The predicted octanol–water partition coefficient (Wildman–Crippen LogP) is 3.69. The summed E-state index contributed by atoms with van der Waals surface area (Å²) in [5, 5.41) is 16.7. The molecule has 2 heterocycles. The maximum Gasteiger partial charge on any atom is 0.307 e. The van der Waals surface area contributed by atoms with Crippen LogP contribution in [-0.2, 0) is 0 Å². The highest BCUT2D eigenvalue weighted by molar-refractivity contribution is 5.82. The minimum absolute atomic E-state index is 0.448. The van der Waals surface area contributed by atoms with Crippen molar-refractivity contribution in [3.05, 3.63) is 35.7 Å². The van der Waals surface area contributed by atoms with Crippen LogP contribution in [0.1, 0.15) is 57.1 Å². The summed E-state index contributed by atoms with van der Waals surface area (Å²) in [5.41, 5.74) is 3.44. The molecule has 3 aromatic rings. The molecule has 0 spiro atoms. The fourth-order valence-corrected chi connectivity index (χ4v) is 3.71. The first-order valence-corrected chi connectivity index (χ1v) is 10.5. The summed E-state index contributed by atoms with van der Waals surface area (Å²) in [7, 11) is 0. The predicted molar refractivity (Wildman–Crippen MR) is 119 cm³/mol. The average Bonchev–Trinajstić information content (AvgIpc) is 3.17. The SMILES string of the molecule is Cc1cc(C#CC(C)(C)O)ccc1Nc1nc(NC2CCCCC2)c2[nH]c[nH+]c2n1. The largest absolute Gasteiger partial charge is 0.378 e. The van der Waals surface area contributed by atoms with Gasteiger partial charge in [-0.1, -0.05) is 36.1 Å². The summed E-state index contributed by atoms with van der Waals surface area (Å²) in [4.78, 5) is 15.7. The molecule has 7 nitrogen and oxygen atoms in total. The molecular weight excluding hydrogens is 376 g/mol. The van der Waals surface area contributed by atoms with E-state index in [9.17, 15) is 5.11 Å². The third-order valence-electron chi connectivity index (χ3n) is 5.27. The molecule has 0 saturated heterocycles. The third-order valence-corrected chi connectivity index (χ3v) is 5.27. The second-order valence-corrected chi connectivity index (χ2v) is 8.50. The van der Waals surface area contributed by atoms with Crippen molar-refractivity contribution in [3.63, 3.8) is 0 Å². The van der Waals surface area contributed by atoms with E-state index in [1.54, 1.807) is 20.2 Å². The van der Waals surface area contributed by atoms with Gasteiger partial charge in [-0.2, -0.15) is 4.98 Å². The molecule has 0 bridgehead atoms. The number of anilines is 3. The van der Waals surface area contributed by atoms with Crippen LogP contribution in [0.2, 0.25) is 0 Å². The Morgan fingerprint density at radius 3 is 2.73 bits per heavy atom. The standard InChI is InChI=1S/C23H28N6O/c1-15-13-16(11-12-23(2,3)30)9-10-18(15)27-22-28-20-19(24-14-25-20)21(29-22)26-17-7-5-4-6-8-17/h9-10,13-14,17,30H,4-8H2,1-3H3,(H3,24,25,26,27,28,29)/p+1. The molecular formula is C23H29N6O+. The van der Waals surface area contributed by atoms with E-state index >= 15 is 0 Å². The van der Waals surface area contributed by atoms with E-state index in [1.807, 2.05) is 25.1 Å². The lowest BCUT2D eigenvalue weighted by molar-refractivity contribution is -0.347. The normalized spacial score (nSPS) is 14.9. The first-order chi connectivity index (χ1) is 14.4. The number of aromatic nitrogens is 4. The molecule has 0 unspecified atom stereocenters. The summed E-state index contributed by atoms with van der Waals surface area (Å²) < 4.78 is 0. The van der Waals surface area contributed by atoms with E-state index < -0.39 is 5.60 Å². The number of hydrogen-bond donors (Lipinski definition) is 4. The molecule has 4 rings (SSSR count). The Kier molecular flexibility index (Phi) is 5.60. The molecule has 5 N–H and O–H groups in total. The number of aromatic amines is 2. The molecule has 2 aromatic heterocycles. The van der Waals surface area contributed by atoms with Gasteiger partial charge in [-0.3, -0.25) is 4.98 Å². The molecule has 1 aliphatic rings. The van der Waals surface area contributed by atoms with Gasteiger partial charge >= 0.3 is 11.6 Å². The van der Waals surface area contributed by atoms with Gasteiger partial charge in [0.1, 0.15) is 5.60 Å². The maximum atomic E-state index is 9.80. The van der Waals surface area contributed by atoms with Crippen LogP contribution < -0.4 is 15.6 Å². The summed E-state index contributed by atoms with van der Waals surface area (Å²) in [6.07, 6.45) is 7.95. The highest BCUT2D eigenvalue weighted by Crippen LogP contribution is 2.26. The number of benzene rings is 1. The Morgan fingerprint density at radius 1 is 1.20 bits per heavy atom. The lowest BCUT2D eigenvalue weighted by atomic mass is 9.95. The molecule has 1 saturated carbocycles. The third kappa shape index (κ3) is 4.89. The van der Waals surface area contributed by atoms with Crippen molar-refractivity contribution in [2.45, 2.75) is 64.5 Å². The number of nitrogens with one attached hydrogen (secondary N) is 4. The van der Waals surface area contributed by atoms with Crippen molar-refractivity contribution in [2.24, 2.45) is 0 Å². The zero-order valence-corrected chi connectivity index (χ0v) is 17.8. The minimum atomic E-state index is -1.01. The molecule has 0 radical (unpaired) electrons. The molecule has 156 valence electrons. The quantitative estimate of drug-likeness (QED) is 0.496. The number of nitrogens with zero attached hydrogens (tertiary/aromatic N) is 2. The van der Waals surface area contributed by atoms with Gasteiger partial charge in [-0.15, -0.1) is 0 Å². The van der Waals surface area contributed by atoms with Crippen molar-refractivity contribution in [1.82, 2.24) is 15.0 Å². The zero-order chi connectivity index (χ0) is 21.1. The summed E-state index contributed by atoms with van der Waals surface area (Å²) in [6, 6.07) is 6.33. The smallest absolute Gasteiger partial charge is 0.307 e. The Balaban J connectivity index is 1.58. The van der Waals surface area contributed by atoms with E-state index in [-0.39, 0.29) is 0 Å². The molecule has 1 fully saturated rings. The monoisotopic (exact) mass is 405 g/mol. The van der Waals surface area contributed by atoms with E-state index in [1.165, 1.54) is 32.1 Å². The second kappa shape index (κ2) is 8.33. The molecule has 0 aliphatic heterocycles. The van der Waals surface area contributed by atoms with Crippen molar-refractivity contribution < 1.29 is 10.1 Å². The van der Waals surface area contributed by atoms with Gasteiger partial charge in [-0.05, 0) is 57.4 Å². The number of fused-ring (bicyclic) bond motifs is 1. The summed E-state index contributed by atoms with van der Waals surface area (Å²) in [5.74, 6) is 7.21. The van der Waals surface area contributed by atoms with Crippen LogP contribution in [0.15, 0.2) is 24.5 Å². The number of H-pyrrole nitrogens is 2. The Morgan fingerprint density at radius 2 is 2.00 bits per heavy atom. The topological polar surface area (TPSA) is 100 Å². The van der Waals surface area contributed by atoms with Crippen molar-refractivity contribution >= 4 is 28.6 Å². The fraction of sp³-hybridized carbons (Fsp3) is 0.435. The summed E-state index contributed by atoms with van der Waals surface area (Å²) in [6.45, 7) is 5.36. The van der Waals surface area contributed by atoms with Crippen molar-refractivity contribution in [3.8, 4) is 11.8 Å². The summed E-state index contributed by atoms with van der Waals surface area (Å²) >= 11 is 0. The second-order valence-electron chi connectivity index (χ2n) is 8.50. The van der Waals surface area contributed by atoms with Gasteiger partial charge in [0, 0.05) is 17.3 Å². The molecule has 0 amide bonds. The number of hydrogen-bond acceptors (Lipinski definition) is 5. The van der Waals surface area contributed by atoms with E-state index in [0.717, 1.165) is 33.8 Å². The van der Waals surface area contributed by atoms with Crippen LogP contribution in [0.4, 0.5) is 17.5 Å². The molecule has 1 aromatic carbocycles. The van der Waals surface area contributed by atoms with Crippen LogP contribution in [0.3, 0.4) is 0 Å². The van der Waals surface area contributed by atoms with Crippen LogP contribution >= 0.6 is 0 Å². The zero-order valence-electron chi connectivity index (χ0n) is 17.8. The lowest BCUT2D eigenvalue weighted by Crippen LogP contribution is -2.23. The van der Waals surface area contributed by atoms with Crippen molar-refractivity contribution in [2.75, 3.05) is 10.6 Å². The van der Waals surface area contributed by atoms with Gasteiger partial charge < -0.3 is 15.7 Å². The Bertz CT molecular complexity index is 1100. The minimum Gasteiger partial charge on any atom is -0.378 e. The fourth-order valence-electron chi connectivity index (χ4n) is 3.71. The van der Waals surface area contributed by atoms with Gasteiger partial charge in [0.15, 0.2) is 12.1 Å². The highest BCUT2D eigenvalue weighted by atomic mass is 16.3. The number of aliphatic hydroxyl groups is 1. The van der Waals surface area contributed by atoms with Gasteiger partial charge in [0.2, 0.25) is 5.52 Å². The van der Waals surface area contributed by atoms with Crippen LogP contribution in [0.25, 0.3) is 11.2 Å². The number of imidazole rings is 1. The lowest BCUT2D eigenvalue weighted by Gasteiger charge is -2.23. The Labute approximate surface area is 176 Å². The van der Waals surface area contributed by atoms with Gasteiger partial charge in [0.25, 0.3) is 0 Å². The number of rotatable bonds is 4. The first-order valence-electron chi connectivity index (χ1n) is 10.5. The molecule has 0 atom stereocenters. The molecule has 7 heteroatoms. The van der Waals surface area contributed by atoms with Crippen molar-refractivity contribution in [1.29, 1.82) is 0 Å². The first kappa shape index (κ1) is 20.2. The van der Waals surface area contributed by atoms with Crippen LogP contribution in [0.5, 0.6) is 0 Å². The highest BCUT2D eigenvalue weighted by Gasteiger charge is 2.20. The van der Waals surface area contributed by atoms with Crippen LogP contribution in [0, 0.1) is 18.8 Å². The molecule has 30 heavy (non-hydrogen) atoms. The average molecular weight is 406 g/mol. The van der Waals surface area contributed by atoms with E-state index in [2.05, 4.69) is 37.4 Å². The van der Waals surface area contributed by atoms with Gasteiger partial charge in [-0.25, -0.2) is 4.98 Å². The van der Waals surface area contributed by atoms with E-state index in [0.29, 0.717) is 12.0 Å².